The fourth-order valence-electron chi connectivity index (χ4n) is 4.82. The molecule has 0 aliphatic carbocycles. The van der Waals surface area contributed by atoms with Crippen LogP contribution in [0.2, 0.25) is 0 Å². The van der Waals surface area contributed by atoms with Gasteiger partial charge in [-0.2, -0.15) is 9.97 Å². The third-order valence-corrected chi connectivity index (χ3v) is 7.34. The van der Waals surface area contributed by atoms with Gasteiger partial charge in [0.25, 0.3) is 0 Å². The average Bonchev–Trinajstić information content (AvgIpc) is 2.90. The van der Waals surface area contributed by atoms with E-state index in [0.717, 1.165) is 128 Å². The van der Waals surface area contributed by atoms with Crippen LogP contribution < -0.4 is 15.5 Å². The summed E-state index contributed by atoms with van der Waals surface area (Å²) >= 11 is 0. The molecule has 0 saturated carbocycles. The number of ether oxygens (including phenoxy) is 1. The van der Waals surface area contributed by atoms with E-state index in [1.165, 1.54) is 0 Å². The summed E-state index contributed by atoms with van der Waals surface area (Å²) in [7, 11) is 4.34. The summed E-state index contributed by atoms with van der Waals surface area (Å²) < 4.78 is 5.44. The molecular weight excluding hydrogens is 458 g/mol. The van der Waals surface area contributed by atoms with Gasteiger partial charge < -0.3 is 30.1 Å². The molecule has 0 radical (unpaired) electrons. The molecule has 36 heavy (non-hydrogen) atoms. The van der Waals surface area contributed by atoms with E-state index in [0.29, 0.717) is 5.65 Å². The predicted octanol–water partition coefficient (Wildman–Crippen LogP) is -0.425. The quantitative estimate of drug-likeness (QED) is 0.468. The van der Waals surface area contributed by atoms with Crippen LogP contribution in [-0.4, -0.2) is 158 Å². The number of anilines is 3. The minimum atomic E-state index is 0.636. The Kier molecular flexibility index (Phi) is 8.59. The maximum atomic E-state index is 5.44. The molecule has 0 bridgehead atoms. The second-order valence-electron chi connectivity index (χ2n) is 10.0. The first kappa shape index (κ1) is 25.3. The Morgan fingerprint density at radius 2 is 1.39 bits per heavy atom. The fourth-order valence-corrected chi connectivity index (χ4v) is 4.82. The number of aromatic nitrogens is 4. The van der Waals surface area contributed by atoms with E-state index in [2.05, 4.69) is 49.2 Å². The molecule has 0 spiro atoms. The smallest absolute Gasteiger partial charge is 0.229 e. The Hall–Kier alpha value is -2.38. The second kappa shape index (κ2) is 12.2. The topological polar surface area (TPSA) is 101 Å². The third kappa shape index (κ3) is 6.68. The molecule has 12 heteroatoms. The number of likely N-dealkylation sites (N-methyl/N-ethyl adjacent to an activating group) is 2. The van der Waals surface area contributed by atoms with Crippen molar-refractivity contribution in [2.75, 3.05) is 134 Å². The Morgan fingerprint density at radius 1 is 0.750 bits per heavy atom. The Balaban J connectivity index is 1.28. The lowest BCUT2D eigenvalue weighted by Crippen LogP contribution is -2.46. The van der Waals surface area contributed by atoms with E-state index in [1.54, 1.807) is 6.20 Å². The molecule has 3 aliphatic rings. The summed E-state index contributed by atoms with van der Waals surface area (Å²) in [6, 6.07) is 0. The molecule has 0 unspecified atom stereocenters. The molecule has 0 aromatic carbocycles. The van der Waals surface area contributed by atoms with Crippen LogP contribution in [0.3, 0.4) is 0 Å². The first-order valence-electron chi connectivity index (χ1n) is 13.3. The number of nitrogens with zero attached hydrogens (tertiary/aromatic N) is 9. The number of morpholine rings is 1. The summed E-state index contributed by atoms with van der Waals surface area (Å²) in [6.45, 7) is 15.4. The molecule has 12 nitrogen and oxygen atoms in total. The van der Waals surface area contributed by atoms with Gasteiger partial charge in [0.05, 0.1) is 19.4 Å². The summed E-state index contributed by atoms with van der Waals surface area (Å²) in [5.74, 6) is 2.26. The van der Waals surface area contributed by atoms with Gasteiger partial charge >= 0.3 is 0 Å². The molecule has 2 N–H and O–H groups in total. The third-order valence-electron chi connectivity index (χ3n) is 7.34. The van der Waals surface area contributed by atoms with Gasteiger partial charge in [0.2, 0.25) is 5.95 Å². The van der Waals surface area contributed by atoms with Crippen LogP contribution in [0.25, 0.3) is 11.2 Å². The van der Waals surface area contributed by atoms with Gasteiger partial charge in [-0.3, -0.25) is 9.80 Å². The highest BCUT2D eigenvalue weighted by atomic mass is 16.5. The number of rotatable bonds is 9. The summed E-state index contributed by atoms with van der Waals surface area (Å²) in [6.07, 6.45) is 1.80. The number of nitrogens with one attached hydrogen (secondary N) is 2. The van der Waals surface area contributed by atoms with Gasteiger partial charge in [-0.25, -0.2) is 9.97 Å². The molecule has 3 fully saturated rings. The normalized spacial score (nSPS) is 21.2. The highest BCUT2D eigenvalue weighted by Gasteiger charge is 2.20. The fraction of sp³-hybridized carbons (Fsp3) is 0.750. The van der Waals surface area contributed by atoms with E-state index in [4.69, 9.17) is 24.7 Å². The standard InChI is InChI=1S/C24H41N11O/c1-31-7-11-33(12-8-31)6-4-26-22-21-23(30-24(29-22)35-13-9-32(2)10-14-35)28-20(19-27-21)25-3-5-34-15-17-36-18-16-34/h19H,3-18H2,1-2H3,(H2,25,26,28,29,30). The van der Waals surface area contributed by atoms with Gasteiger partial charge in [-0.05, 0) is 14.1 Å². The number of hydrogen-bond donors (Lipinski definition) is 2. The van der Waals surface area contributed by atoms with Gasteiger partial charge in [0.1, 0.15) is 5.82 Å². The Labute approximate surface area is 214 Å². The molecule has 3 saturated heterocycles. The lowest BCUT2D eigenvalue weighted by molar-refractivity contribution is 0.0398. The van der Waals surface area contributed by atoms with Crippen LogP contribution in [-0.2, 0) is 4.74 Å². The number of hydrogen-bond acceptors (Lipinski definition) is 12. The van der Waals surface area contributed by atoms with Crippen molar-refractivity contribution in [2.45, 2.75) is 0 Å². The first-order valence-corrected chi connectivity index (χ1v) is 13.3. The van der Waals surface area contributed by atoms with E-state index in [1.807, 2.05) is 0 Å². The second-order valence-corrected chi connectivity index (χ2v) is 10.0. The number of piperazine rings is 2. The van der Waals surface area contributed by atoms with Crippen LogP contribution in [0.15, 0.2) is 6.20 Å². The molecule has 5 rings (SSSR count). The van der Waals surface area contributed by atoms with Crippen molar-refractivity contribution in [1.29, 1.82) is 0 Å². The summed E-state index contributed by atoms with van der Waals surface area (Å²) in [5, 5.41) is 6.99. The molecule has 3 aliphatic heterocycles. The average molecular weight is 500 g/mol. The van der Waals surface area contributed by atoms with E-state index in [-0.39, 0.29) is 0 Å². The van der Waals surface area contributed by atoms with Gasteiger partial charge in [0, 0.05) is 91.6 Å². The lowest BCUT2D eigenvalue weighted by Gasteiger charge is -2.33. The van der Waals surface area contributed by atoms with Crippen molar-refractivity contribution >= 4 is 28.7 Å². The molecule has 0 atom stereocenters. The van der Waals surface area contributed by atoms with E-state index >= 15 is 0 Å². The molecule has 198 valence electrons. The van der Waals surface area contributed by atoms with Crippen molar-refractivity contribution in [1.82, 2.24) is 39.5 Å². The minimum Gasteiger partial charge on any atom is -0.379 e. The van der Waals surface area contributed by atoms with Crippen molar-refractivity contribution in [3.8, 4) is 0 Å². The minimum absolute atomic E-state index is 0.636. The van der Waals surface area contributed by atoms with E-state index < -0.39 is 0 Å². The van der Waals surface area contributed by atoms with Crippen LogP contribution in [0.4, 0.5) is 17.6 Å². The maximum Gasteiger partial charge on any atom is 0.229 e. The zero-order valence-corrected chi connectivity index (χ0v) is 21.8. The monoisotopic (exact) mass is 499 g/mol. The summed E-state index contributed by atoms with van der Waals surface area (Å²) in [5.41, 5.74) is 1.36. The van der Waals surface area contributed by atoms with Crippen LogP contribution in [0, 0.1) is 0 Å². The SMILES string of the molecule is CN1CCN(CCNc2nc(N3CCN(C)CC3)nc3nc(NCCN4CCOCC4)cnc23)CC1. The van der Waals surface area contributed by atoms with Crippen molar-refractivity contribution in [2.24, 2.45) is 0 Å². The molecular formula is C24H41N11O. The van der Waals surface area contributed by atoms with E-state index in [9.17, 15) is 0 Å². The molecule has 2 aromatic rings. The molecule has 5 heterocycles. The van der Waals surface area contributed by atoms with Crippen LogP contribution in [0.1, 0.15) is 0 Å². The molecule has 2 aromatic heterocycles. The van der Waals surface area contributed by atoms with Crippen molar-refractivity contribution < 1.29 is 4.74 Å². The predicted molar refractivity (Wildman–Crippen MR) is 143 cm³/mol. The highest BCUT2D eigenvalue weighted by molar-refractivity contribution is 5.84. The zero-order chi connectivity index (χ0) is 24.7. The Morgan fingerprint density at radius 3 is 2.11 bits per heavy atom. The van der Waals surface area contributed by atoms with Gasteiger partial charge in [0.15, 0.2) is 17.0 Å². The zero-order valence-electron chi connectivity index (χ0n) is 21.8. The number of fused-ring (bicyclic) bond motifs is 1. The van der Waals surface area contributed by atoms with Crippen molar-refractivity contribution in [3.05, 3.63) is 6.20 Å². The maximum absolute atomic E-state index is 5.44. The first-order chi connectivity index (χ1) is 17.6. The lowest BCUT2D eigenvalue weighted by atomic mass is 10.3. The molecule has 0 amide bonds. The van der Waals surface area contributed by atoms with Crippen LogP contribution >= 0.6 is 0 Å². The van der Waals surface area contributed by atoms with Crippen LogP contribution in [0.5, 0.6) is 0 Å². The summed E-state index contributed by atoms with van der Waals surface area (Å²) in [4.78, 5) is 31.2. The van der Waals surface area contributed by atoms with Gasteiger partial charge in [-0.15, -0.1) is 0 Å². The Bertz CT molecular complexity index is 970. The largest absolute Gasteiger partial charge is 0.379 e. The van der Waals surface area contributed by atoms with Gasteiger partial charge in [-0.1, -0.05) is 0 Å². The van der Waals surface area contributed by atoms with Crippen molar-refractivity contribution in [3.63, 3.8) is 0 Å². The highest BCUT2D eigenvalue weighted by Crippen LogP contribution is 2.22.